The number of rotatable bonds is 4. The predicted molar refractivity (Wildman–Crippen MR) is 89.7 cm³/mol. The number of nitrogens with one attached hydrogen (secondary N) is 1. The van der Waals surface area contributed by atoms with Gasteiger partial charge in [-0.1, -0.05) is 24.3 Å². The molecule has 2 aromatic rings. The fourth-order valence-corrected chi connectivity index (χ4v) is 2.99. The normalized spacial score (nSPS) is 21.4. The number of hydrogen-bond acceptors (Lipinski definition) is 3. The lowest BCUT2D eigenvalue weighted by molar-refractivity contribution is -0.126. The number of likely N-dealkylation sites (N-methyl/N-ethyl adjacent to an activating group) is 1. The zero-order valence-electron chi connectivity index (χ0n) is 13.1. The Morgan fingerprint density at radius 1 is 1.39 bits per heavy atom. The predicted octanol–water partition coefficient (Wildman–Crippen LogP) is 2.41. The second-order valence-corrected chi connectivity index (χ2v) is 5.80. The number of nitrogens with zero attached hydrogens (tertiary/aromatic N) is 2. The summed E-state index contributed by atoms with van der Waals surface area (Å²) in [6, 6.07) is 11.6. The van der Waals surface area contributed by atoms with Crippen molar-refractivity contribution < 1.29 is 9.18 Å². The van der Waals surface area contributed by atoms with Gasteiger partial charge in [0.25, 0.3) is 0 Å². The fourth-order valence-electron chi connectivity index (χ4n) is 2.99. The van der Waals surface area contributed by atoms with Gasteiger partial charge >= 0.3 is 0 Å². The van der Waals surface area contributed by atoms with Crippen molar-refractivity contribution in [3.63, 3.8) is 0 Å². The molecule has 0 aliphatic carbocycles. The summed E-state index contributed by atoms with van der Waals surface area (Å²) in [7, 11) is 1.81. The minimum Gasteiger partial charge on any atom is -0.332 e. The molecule has 0 spiro atoms. The number of pyridine rings is 1. The molecule has 3 rings (SSSR count). The van der Waals surface area contributed by atoms with Crippen LogP contribution in [0.5, 0.6) is 0 Å². The van der Waals surface area contributed by atoms with Gasteiger partial charge < -0.3 is 10.2 Å². The Hall–Kier alpha value is -2.27. The smallest absolute Gasteiger partial charge is 0.247 e. The average molecular weight is 313 g/mol. The second kappa shape index (κ2) is 6.87. The van der Waals surface area contributed by atoms with Gasteiger partial charge in [0.1, 0.15) is 6.17 Å². The van der Waals surface area contributed by atoms with Crippen molar-refractivity contribution in [1.29, 1.82) is 0 Å². The number of likely N-dealkylation sites (tertiary alicyclic amines) is 1. The van der Waals surface area contributed by atoms with Crippen LogP contribution in [0.15, 0.2) is 42.5 Å². The lowest BCUT2D eigenvalue weighted by Gasteiger charge is -2.22. The van der Waals surface area contributed by atoms with Crippen LogP contribution in [0.4, 0.5) is 4.39 Å². The summed E-state index contributed by atoms with van der Waals surface area (Å²) in [5.74, 6) is -0.166. The van der Waals surface area contributed by atoms with Crippen molar-refractivity contribution in [2.75, 3.05) is 20.1 Å². The molecule has 23 heavy (non-hydrogen) atoms. The zero-order chi connectivity index (χ0) is 16.2. The molecule has 1 aromatic heterocycles. The number of alkyl halides is 1. The third-order valence-corrected chi connectivity index (χ3v) is 4.10. The van der Waals surface area contributed by atoms with E-state index in [4.69, 9.17) is 0 Å². The highest BCUT2D eigenvalue weighted by Gasteiger charge is 2.33. The molecule has 1 aliphatic heterocycles. The van der Waals surface area contributed by atoms with Crippen LogP contribution in [0.25, 0.3) is 17.0 Å². The number of fused-ring (bicyclic) bond motifs is 1. The summed E-state index contributed by atoms with van der Waals surface area (Å²) in [5.41, 5.74) is 1.61. The molecule has 120 valence electrons. The molecule has 1 aromatic carbocycles. The van der Waals surface area contributed by atoms with Gasteiger partial charge in [0.05, 0.1) is 17.8 Å². The maximum absolute atomic E-state index is 13.6. The van der Waals surface area contributed by atoms with Crippen LogP contribution in [0.1, 0.15) is 12.1 Å². The summed E-state index contributed by atoms with van der Waals surface area (Å²) < 4.78 is 13.6. The van der Waals surface area contributed by atoms with Gasteiger partial charge in [-0.2, -0.15) is 0 Å². The molecule has 1 saturated heterocycles. The van der Waals surface area contributed by atoms with Gasteiger partial charge in [0.2, 0.25) is 5.91 Å². The van der Waals surface area contributed by atoms with Gasteiger partial charge in [0, 0.05) is 30.5 Å². The molecule has 0 unspecified atom stereocenters. The number of carbonyl (C=O) groups excluding carboxylic acids is 1. The van der Waals surface area contributed by atoms with Crippen molar-refractivity contribution in [2.45, 2.75) is 18.6 Å². The maximum Gasteiger partial charge on any atom is 0.247 e. The number of aromatic nitrogens is 1. The molecule has 5 heteroatoms. The first-order valence-electron chi connectivity index (χ1n) is 7.80. The van der Waals surface area contributed by atoms with E-state index in [1.807, 2.05) is 43.4 Å². The number of amides is 1. The fraction of sp³-hybridized carbons (Fsp3) is 0.333. The Kier molecular flexibility index (Phi) is 4.67. The monoisotopic (exact) mass is 313 g/mol. The standard InChI is InChI=1S/C18H20FN3O/c1-20-11-16-10-14(19)12-22(16)18(23)9-8-15-7-6-13-4-2-3-5-17(13)21-15/h2-9,14,16,20H,10-12H2,1H3/b9-8+/t14-,16-/m0/s1. The Bertz CT molecular complexity index is 731. The molecule has 0 radical (unpaired) electrons. The number of benzene rings is 1. The number of carbonyl (C=O) groups is 1. The molecular weight excluding hydrogens is 293 g/mol. The van der Waals surface area contributed by atoms with E-state index in [9.17, 15) is 9.18 Å². The van der Waals surface area contributed by atoms with Gasteiger partial charge in [-0.3, -0.25) is 4.79 Å². The van der Waals surface area contributed by atoms with Crippen molar-refractivity contribution in [3.8, 4) is 0 Å². The van der Waals surface area contributed by atoms with Crippen LogP contribution < -0.4 is 5.32 Å². The Labute approximate surface area is 135 Å². The summed E-state index contributed by atoms with van der Waals surface area (Å²) in [4.78, 5) is 18.4. The van der Waals surface area contributed by atoms with E-state index in [2.05, 4.69) is 10.3 Å². The second-order valence-electron chi connectivity index (χ2n) is 5.80. The molecule has 2 atom stereocenters. The minimum absolute atomic E-state index is 0.0864. The van der Waals surface area contributed by atoms with E-state index in [-0.39, 0.29) is 18.5 Å². The van der Waals surface area contributed by atoms with Crippen LogP contribution in [0.3, 0.4) is 0 Å². The van der Waals surface area contributed by atoms with Gasteiger partial charge in [-0.05, 0) is 25.3 Å². The van der Waals surface area contributed by atoms with Crippen molar-refractivity contribution in [1.82, 2.24) is 15.2 Å². The van der Waals surface area contributed by atoms with Crippen LogP contribution in [-0.4, -0.2) is 48.1 Å². The van der Waals surface area contributed by atoms with Gasteiger partial charge in [-0.15, -0.1) is 0 Å². The summed E-state index contributed by atoms with van der Waals surface area (Å²) in [6.45, 7) is 0.773. The average Bonchev–Trinajstić information content (AvgIpc) is 2.93. The van der Waals surface area contributed by atoms with Crippen LogP contribution in [0.2, 0.25) is 0 Å². The Morgan fingerprint density at radius 3 is 3.04 bits per heavy atom. The lowest BCUT2D eigenvalue weighted by atomic mass is 10.2. The van der Waals surface area contributed by atoms with E-state index < -0.39 is 6.17 Å². The number of para-hydroxylation sites is 1. The van der Waals surface area contributed by atoms with E-state index in [1.165, 1.54) is 6.08 Å². The van der Waals surface area contributed by atoms with Gasteiger partial charge in [-0.25, -0.2) is 9.37 Å². The Morgan fingerprint density at radius 2 is 2.22 bits per heavy atom. The molecule has 1 fully saturated rings. The van der Waals surface area contributed by atoms with Crippen LogP contribution >= 0.6 is 0 Å². The summed E-state index contributed by atoms with van der Waals surface area (Å²) in [5, 5.41) is 4.07. The van der Waals surface area contributed by atoms with E-state index in [1.54, 1.807) is 11.0 Å². The first kappa shape index (κ1) is 15.6. The molecule has 4 nitrogen and oxygen atoms in total. The van der Waals surface area contributed by atoms with Crippen molar-refractivity contribution in [3.05, 3.63) is 48.2 Å². The summed E-state index contributed by atoms with van der Waals surface area (Å²) >= 11 is 0. The molecule has 1 N–H and O–H groups in total. The first-order chi connectivity index (χ1) is 11.2. The van der Waals surface area contributed by atoms with E-state index >= 15 is 0 Å². The molecule has 0 bridgehead atoms. The SMILES string of the molecule is CNC[C@@H]1C[C@H](F)CN1C(=O)/C=C/c1ccc2ccccc2n1. The number of hydrogen-bond donors (Lipinski definition) is 1. The zero-order valence-corrected chi connectivity index (χ0v) is 13.1. The molecule has 2 heterocycles. The highest BCUT2D eigenvalue weighted by atomic mass is 19.1. The van der Waals surface area contributed by atoms with Crippen molar-refractivity contribution in [2.24, 2.45) is 0 Å². The third kappa shape index (κ3) is 3.56. The lowest BCUT2D eigenvalue weighted by Crippen LogP contribution is -2.40. The van der Waals surface area contributed by atoms with Crippen LogP contribution in [-0.2, 0) is 4.79 Å². The van der Waals surface area contributed by atoms with Crippen molar-refractivity contribution >= 4 is 22.9 Å². The molecule has 1 amide bonds. The first-order valence-corrected chi connectivity index (χ1v) is 7.80. The Balaban J connectivity index is 1.74. The molecular formula is C18H20FN3O. The molecule has 1 aliphatic rings. The van der Waals surface area contributed by atoms with Crippen LogP contribution in [0, 0.1) is 0 Å². The minimum atomic E-state index is -0.940. The maximum atomic E-state index is 13.6. The highest BCUT2D eigenvalue weighted by molar-refractivity contribution is 5.92. The number of halogens is 1. The third-order valence-electron chi connectivity index (χ3n) is 4.10. The van der Waals surface area contributed by atoms with E-state index in [0.717, 1.165) is 16.6 Å². The summed E-state index contributed by atoms with van der Waals surface area (Å²) in [6.07, 6.45) is 2.63. The highest BCUT2D eigenvalue weighted by Crippen LogP contribution is 2.20. The topological polar surface area (TPSA) is 45.2 Å². The van der Waals surface area contributed by atoms with Gasteiger partial charge in [0.15, 0.2) is 0 Å². The van der Waals surface area contributed by atoms with E-state index in [0.29, 0.717) is 13.0 Å². The quantitative estimate of drug-likeness (QED) is 0.882. The molecule has 0 saturated carbocycles. The largest absolute Gasteiger partial charge is 0.332 e.